The van der Waals surface area contributed by atoms with Crippen LogP contribution < -0.4 is 5.32 Å². The highest BCUT2D eigenvalue weighted by Crippen LogP contribution is 2.05. The molecule has 0 aliphatic carbocycles. The highest BCUT2D eigenvalue weighted by atomic mass is 35.5. The summed E-state index contributed by atoms with van der Waals surface area (Å²) in [6.07, 6.45) is 5.56. The Labute approximate surface area is 99.3 Å². The van der Waals surface area contributed by atoms with Crippen molar-refractivity contribution in [3.05, 3.63) is 47.3 Å². The second-order valence-corrected chi connectivity index (χ2v) is 4.01. The van der Waals surface area contributed by atoms with E-state index in [1.807, 2.05) is 23.9 Å². The van der Waals surface area contributed by atoms with Crippen LogP contribution in [0.1, 0.15) is 11.3 Å². The van der Waals surface area contributed by atoms with Crippen LogP contribution in [-0.2, 0) is 20.1 Å². The molecule has 5 heteroatoms. The van der Waals surface area contributed by atoms with Gasteiger partial charge >= 0.3 is 0 Å². The number of halogens is 1. The third-order valence-corrected chi connectivity index (χ3v) is 2.41. The van der Waals surface area contributed by atoms with Crippen molar-refractivity contribution in [2.24, 2.45) is 7.05 Å². The molecule has 0 aliphatic rings. The zero-order valence-corrected chi connectivity index (χ0v) is 9.78. The quantitative estimate of drug-likeness (QED) is 0.823. The number of pyridine rings is 1. The van der Waals surface area contributed by atoms with Crippen molar-refractivity contribution in [2.45, 2.75) is 13.1 Å². The van der Waals surface area contributed by atoms with Crippen LogP contribution in [0.4, 0.5) is 0 Å². The molecule has 1 N–H and O–H groups in total. The molecule has 84 valence electrons. The molecule has 4 nitrogen and oxygen atoms in total. The van der Waals surface area contributed by atoms with E-state index in [0.29, 0.717) is 5.15 Å². The fourth-order valence-corrected chi connectivity index (χ4v) is 1.52. The molecular formula is C11H13ClN4. The second-order valence-electron chi connectivity index (χ2n) is 3.62. The fraction of sp³-hybridized carbons (Fsp3) is 0.273. The molecule has 0 radical (unpaired) electrons. The van der Waals surface area contributed by atoms with Crippen molar-refractivity contribution >= 4 is 11.6 Å². The van der Waals surface area contributed by atoms with Gasteiger partial charge in [0.15, 0.2) is 0 Å². The minimum Gasteiger partial charge on any atom is -0.340 e. The van der Waals surface area contributed by atoms with Gasteiger partial charge in [0.2, 0.25) is 0 Å². The second kappa shape index (κ2) is 5.09. The van der Waals surface area contributed by atoms with E-state index in [1.165, 1.54) is 0 Å². The lowest BCUT2D eigenvalue weighted by Gasteiger charge is -2.02. The van der Waals surface area contributed by atoms with Crippen molar-refractivity contribution in [3.63, 3.8) is 0 Å². The first-order valence-electron chi connectivity index (χ1n) is 5.02. The molecule has 0 aromatic carbocycles. The van der Waals surface area contributed by atoms with Crippen LogP contribution in [0.5, 0.6) is 0 Å². The number of hydrogen-bond acceptors (Lipinski definition) is 3. The Bertz CT molecular complexity index is 449. The lowest BCUT2D eigenvalue weighted by Crippen LogP contribution is -2.13. The van der Waals surface area contributed by atoms with Gasteiger partial charge < -0.3 is 9.88 Å². The van der Waals surface area contributed by atoms with Gasteiger partial charge in [-0.05, 0) is 11.6 Å². The lowest BCUT2D eigenvalue weighted by molar-refractivity contribution is 0.680. The molecule has 0 atom stereocenters. The Morgan fingerprint density at radius 2 is 2.19 bits per heavy atom. The fourth-order valence-electron chi connectivity index (χ4n) is 1.40. The maximum atomic E-state index is 5.70. The predicted molar refractivity (Wildman–Crippen MR) is 63.0 cm³/mol. The average molecular weight is 237 g/mol. The summed E-state index contributed by atoms with van der Waals surface area (Å²) in [4.78, 5) is 8.24. The van der Waals surface area contributed by atoms with Gasteiger partial charge in [-0.15, -0.1) is 0 Å². The van der Waals surface area contributed by atoms with E-state index >= 15 is 0 Å². The van der Waals surface area contributed by atoms with Crippen LogP contribution in [0.2, 0.25) is 5.15 Å². The molecule has 2 rings (SSSR count). The first-order valence-corrected chi connectivity index (χ1v) is 5.40. The molecule has 2 heterocycles. The maximum Gasteiger partial charge on any atom is 0.129 e. The average Bonchev–Trinajstić information content (AvgIpc) is 2.67. The summed E-state index contributed by atoms with van der Waals surface area (Å²) < 4.78 is 1.93. The Morgan fingerprint density at radius 1 is 1.31 bits per heavy atom. The number of aromatic nitrogens is 3. The molecule has 0 amide bonds. The van der Waals surface area contributed by atoms with E-state index in [2.05, 4.69) is 15.3 Å². The Balaban J connectivity index is 1.82. The van der Waals surface area contributed by atoms with Crippen LogP contribution in [0, 0.1) is 0 Å². The first-order chi connectivity index (χ1) is 7.74. The summed E-state index contributed by atoms with van der Waals surface area (Å²) in [5.74, 6) is 0. The number of imidazole rings is 1. The number of nitrogens with one attached hydrogen (secondary N) is 1. The maximum absolute atomic E-state index is 5.70. The first kappa shape index (κ1) is 11.1. The predicted octanol–water partition coefficient (Wildman–Crippen LogP) is 1.76. The van der Waals surface area contributed by atoms with Gasteiger partial charge in [0, 0.05) is 32.5 Å². The number of rotatable bonds is 4. The minimum atomic E-state index is 0.522. The van der Waals surface area contributed by atoms with Gasteiger partial charge in [0.05, 0.1) is 12.0 Å². The highest BCUT2D eigenvalue weighted by molar-refractivity contribution is 6.29. The lowest BCUT2D eigenvalue weighted by atomic mass is 10.3. The van der Waals surface area contributed by atoms with E-state index < -0.39 is 0 Å². The van der Waals surface area contributed by atoms with E-state index in [1.54, 1.807) is 18.6 Å². The standard InChI is InChI=1S/C11H13ClN4/c1-16-7-10(15-8-16)6-13-4-9-2-3-11(12)14-5-9/h2-3,5,7-8,13H,4,6H2,1H3. The van der Waals surface area contributed by atoms with E-state index in [4.69, 9.17) is 11.6 Å². The summed E-state index contributed by atoms with van der Waals surface area (Å²) in [5, 5.41) is 3.81. The summed E-state index contributed by atoms with van der Waals surface area (Å²) >= 11 is 5.70. The van der Waals surface area contributed by atoms with Gasteiger partial charge in [-0.3, -0.25) is 0 Å². The normalized spacial score (nSPS) is 10.6. The van der Waals surface area contributed by atoms with E-state index in [9.17, 15) is 0 Å². The molecule has 16 heavy (non-hydrogen) atoms. The molecule has 0 bridgehead atoms. The summed E-state index contributed by atoms with van der Waals surface area (Å²) in [6, 6.07) is 3.75. The number of aryl methyl sites for hydroxylation is 1. The van der Waals surface area contributed by atoms with Gasteiger partial charge in [-0.1, -0.05) is 17.7 Å². The monoisotopic (exact) mass is 236 g/mol. The van der Waals surface area contributed by atoms with Crippen LogP contribution >= 0.6 is 11.6 Å². The Kier molecular flexibility index (Phi) is 3.54. The molecule has 0 aliphatic heterocycles. The smallest absolute Gasteiger partial charge is 0.129 e. The molecule has 0 unspecified atom stereocenters. The summed E-state index contributed by atoms with van der Waals surface area (Å²) in [6.45, 7) is 1.52. The number of nitrogens with zero attached hydrogens (tertiary/aromatic N) is 3. The van der Waals surface area contributed by atoms with Crippen molar-refractivity contribution in [1.82, 2.24) is 19.9 Å². The highest BCUT2D eigenvalue weighted by Gasteiger charge is 1.97. The van der Waals surface area contributed by atoms with E-state index in [0.717, 1.165) is 24.3 Å². The third kappa shape index (κ3) is 3.05. The molecule has 2 aromatic heterocycles. The molecule has 0 fully saturated rings. The van der Waals surface area contributed by atoms with Crippen LogP contribution in [-0.4, -0.2) is 14.5 Å². The zero-order chi connectivity index (χ0) is 11.4. The van der Waals surface area contributed by atoms with Crippen molar-refractivity contribution < 1.29 is 0 Å². The van der Waals surface area contributed by atoms with E-state index in [-0.39, 0.29) is 0 Å². The van der Waals surface area contributed by atoms with Gasteiger partial charge in [-0.25, -0.2) is 9.97 Å². The summed E-state index contributed by atoms with van der Waals surface area (Å²) in [5.41, 5.74) is 2.14. The summed E-state index contributed by atoms with van der Waals surface area (Å²) in [7, 11) is 1.96. The van der Waals surface area contributed by atoms with Crippen molar-refractivity contribution in [1.29, 1.82) is 0 Å². The van der Waals surface area contributed by atoms with Gasteiger partial charge in [0.25, 0.3) is 0 Å². The van der Waals surface area contributed by atoms with Crippen LogP contribution in [0.25, 0.3) is 0 Å². The van der Waals surface area contributed by atoms with Crippen molar-refractivity contribution in [3.8, 4) is 0 Å². The zero-order valence-electron chi connectivity index (χ0n) is 9.02. The Hall–Kier alpha value is -1.39. The van der Waals surface area contributed by atoms with Crippen LogP contribution in [0.15, 0.2) is 30.9 Å². The van der Waals surface area contributed by atoms with Crippen LogP contribution in [0.3, 0.4) is 0 Å². The molecular weight excluding hydrogens is 224 g/mol. The molecule has 0 saturated heterocycles. The minimum absolute atomic E-state index is 0.522. The largest absolute Gasteiger partial charge is 0.340 e. The SMILES string of the molecule is Cn1cnc(CNCc2ccc(Cl)nc2)c1. The van der Waals surface area contributed by atoms with Gasteiger partial charge in [0.1, 0.15) is 5.15 Å². The Morgan fingerprint density at radius 3 is 2.81 bits per heavy atom. The molecule has 2 aromatic rings. The molecule has 0 spiro atoms. The van der Waals surface area contributed by atoms with Crippen molar-refractivity contribution in [2.75, 3.05) is 0 Å². The third-order valence-electron chi connectivity index (χ3n) is 2.18. The number of hydrogen-bond donors (Lipinski definition) is 1. The van der Waals surface area contributed by atoms with Gasteiger partial charge in [-0.2, -0.15) is 0 Å². The molecule has 0 saturated carbocycles. The topological polar surface area (TPSA) is 42.7 Å².